The van der Waals surface area contributed by atoms with Crippen molar-refractivity contribution in [1.82, 2.24) is 5.32 Å². The average Bonchev–Trinajstić information content (AvgIpc) is 2.05. The van der Waals surface area contributed by atoms with Gasteiger partial charge in [0.1, 0.15) is 0 Å². The molecule has 2 nitrogen and oxygen atoms in total. The number of aliphatic hydroxyl groups is 1. The summed E-state index contributed by atoms with van der Waals surface area (Å²) in [4.78, 5) is 0. The van der Waals surface area contributed by atoms with Gasteiger partial charge < -0.3 is 10.4 Å². The van der Waals surface area contributed by atoms with Crippen LogP contribution in [0.2, 0.25) is 0 Å². The van der Waals surface area contributed by atoms with Gasteiger partial charge in [0.05, 0.1) is 5.60 Å². The van der Waals surface area contributed by atoms with Crippen molar-refractivity contribution in [3.05, 3.63) is 0 Å². The van der Waals surface area contributed by atoms with Crippen LogP contribution in [0.3, 0.4) is 0 Å². The molecule has 1 unspecified atom stereocenters. The van der Waals surface area contributed by atoms with Gasteiger partial charge in [0.2, 0.25) is 0 Å². The van der Waals surface area contributed by atoms with E-state index in [4.69, 9.17) is 0 Å². The van der Waals surface area contributed by atoms with E-state index in [2.05, 4.69) is 12.2 Å². The van der Waals surface area contributed by atoms with Crippen LogP contribution < -0.4 is 5.32 Å². The third-order valence-corrected chi connectivity index (χ3v) is 3.43. The minimum atomic E-state index is -0.505. The Hall–Kier alpha value is -0.0800. The van der Waals surface area contributed by atoms with Crippen molar-refractivity contribution in [2.24, 2.45) is 11.8 Å². The van der Waals surface area contributed by atoms with Crippen LogP contribution in [0.15, 0.2) is 0 Å². The van der Waals surface area contributed by atoms with E-state index in [-0.39, 0.29) is 0 Å². The largest absolute Gasteiger partial charge is 0.389 e. The molecule has 1 atom stereocenters. The summed E-state index contributed by atoms with van der Waals surface area (Å²) in [5.74, 6) is 1.36. The molecule has 2 heteroatoms. The maximum atomic E-state index is 10.2. The van der Waals surface area contributed by atoms with E-state index in [1.54, 1.807) is 0 Å². The van der Waals surface area contributed by atoms with Gasteiger partial charge in [0, 0.05) is 6.54 Å². The first-order valence-corrected chi connectivity index (χ1v) is 5.43. The molecule has 13 heavy (non-hydrogen) atoms. The van der Waals surface area contributed by atoms with Gasteiger partial charge in [-0.05, 0) is 38.6 Å². The predicted molar refractivity (Wildman–Crippen MR) is 55.7 cm³/mol. The molecule has 0 heterocycles. The molecule has 2 N–H and O–H groups in total. The Balaban J connectivity index is 2.42. The molecular formula is C11H23NO. The summed E-state index contributed by atoms with van der Waals surface area (Å²) < 4.78 is 0. The summed E-state index contributed by atoms with van der Waals surface area (Å²) in [6.07, 6.45) is 4.95. The molecule has 1 saturated carbocycles. The Kier molecular flexibility index (Phi) is 3.74. The summed E-state index contributed by atoms with van der Waals surface area (Å²) in [7, 11) is 1.90. The number of hydrogen-bond donors (Lipinski definition) is 2. The second-order valence-electron chi connectivity index (χ2n) is 4.84. The summed E-state index contributed by atoms with van der Waals surface area (Å²) >= 11 is 0. The van der Waals surface area contributed by atoms with Crippen molar-refractivity contribution in [2.75, 3.05) is 13.6 Å². The number of nitrogens with one attached hydrogen (secondary N) is 1. The second-order valence-corrected chi connectivity index (χ2v) is 4.84. The number of hydrogen-bond acceptors (Lipinski definition) is 2. The summed E-state index contributed by atoms with van der Waals surface area (Å²) in [5, 5.41) is 13.2. The molecule has 1 aliphatic carbocycles. The first-order valence-electron chi connectivity index (χ1n) is 5.43. The zero-order chi connectivity index (χ0) is 9.90. The maximum Gasteiger partial charge on any atom is 0.0771 e. The first-order chi connectivity index (χ1) is 6.06. The summed E-state index contributed by atoms with van der Waals surface area (Å²) in [5.41, 5.74) is -0.505. The van der Waals surface area contributed by atoms with E-state index >= 15 is 0 Å². The van der Waals surface area contributed by atoms with Gasteiger partial charge in [-0.25, -0.2) is 0 Å². The number of likely N-dealkylation sites (N-methyl/N-ethyl adjacent to an activating group) is 1. The topological polar surface area (TPSA) is 32.3 Å². The van der Waals surface area contributed by atoms with Crippen LogP contribution in [0, 0.1) is 11.8 Å². The highest BCUT2D eigenvalue weighted by molar-refractivity contribution is 4.86. The van der Waals surface area contributed by atoms with Gasteiger partial charge in [-0.3, -0.25) is 0 Å². The van der Waals surface area contributed by atoms with E-state index < -0.39 is 5.60 Å². The van der Waals surface area contributed by atoms with Gasteiger partial charge in [-0.2, -0.15) is 0 Å². The quantitative estimate of drug-likeness (QED) is 0.702. The molecule has 1 aliphatic rings. The molecule has 0 radical (unpaired) electrons. The monoisotopic (exact) mass is 185 g/mol. The summed E-state index contributed by atoms with van der Waals surface area (Å²) in [6.45, 7) is 4.99. The molecule has 0 aliphatic heterocycles. The first kappa shape index (κ1) is 11.0. The van der Waals surface area contributed by atoms with E-state index in [1.807, 2.05) is 14.0 Å². The Morgan fingerprint density at radius 3 is 2.31 bits per heavy atom. The predicted octanol–water partition coefficient (Wildman–Crippen LogP) is 1.78. The highest BCUT2D eigenvalue weighted by Crippen LogP contribution is 2.34. The lowest BCUT2D eigenvalue weighted by molar-refractivity contribution is -0.0186. The molecule has 1 fully saturated rings. The van der Waals surface area contributed by atoms with Crippen molar-refractivity contribution < 1.29 is 5.11 Å². The molecule has 0 aromatic rings. The van der Waals surface area contributed by atoms with E-state index in [9.17, 15) is 5.11 Å². The smallest absolute Gasteiger partial charge is 0.0771 e. The van der Waals surface area contributed by atoms with Crippen molar-refractivity contribution in [1.29, 1.82) is 0 Å². The molecule has 0 saturated heterocycles. The third-order valence-electron chi connectivity index (χ3n) is 3.43. The molecular weight excluding hydrogens is 162 g/mol. The van der Waals surface area contributed by atoms with Gasteiger partial charge in [-0.1, -0.05) is 19.8 Å². The Morgan fingerprint density at radius 2 is 1.85 bits per heavy atom. The van der Waals surface area contributed by atoms with Crippen molar-refractivity contribution in [3.8, 4) is 0 Å². The standard InChI is InChI=1S/C11H23NO/c1-9-4-6-10(7-5-9)11(2,13)8-12-3/h9-10,12-13H,4-8H2,1-3H3. The van der Waals surface area contributed by atoms with Crippen LogP contribution in [-0.4, -0.2) is 24.3 Å². The zero-order valence-electron chi connectivity index (χ0n) is 9.14. The van der Waals surface area contributed by atoms with Gasteiger partial charge >= 0.3 is 0 Å². The lowest BCUT2D eigenvalue weighted by Crippen LogP contribution is -2.44. The maximum absolute atomic E-state index is 10.2. The minimum absolute atomic E-state index is 0.496. The molecule has 0 spiro atoms. The number of rotatable bonds is 3. The molecule has 0 aromatic carbocycles. The SMILES string of the molecule is CNCC(C)(O)C1CCC(C)CC1. The summed E-state index contributed by atoms with van der Waals surface area (Å²) in [6, 6.07) is 0. The van der Waals surface area contributed by atoms with Crippen LogP contribution in [0.4, 0.5) is 0 Å². The highest BCUT2D eigenvalue weighted by atomic mass is 16.3. The molecule has 78 valence electrons. The van der Waals surface area contributed by atoms with Gasteiger partial charge in [0.25, 0.3) is 0 Å². The molecule has 0 amide bonds. The molecule has 0 aromatic heterocycles. The van der Waals surface area contributed by atoms with Crippen molar-refractivity contribution >= 4 is 0 Å². The Bertz CT molecular complexity index is 148. The highest BCUT2D eigenvalue weighted by Gasteiger charge is 2.33. The Labute approximate surface area is 81.7 Å². The van der Waals surface area contributed by atoms with Gasteiger partial charge in [-0.15, -0.1) is 0 Å². The lowest BCUT2D eigenvalue weighted by Gasteiger charge is -2.37. The molecule has 0 bridgehead atoms. The van der Waals surface area contributed by atoms with Crippen LogP contribution in [0.5, 0.6) is 0 Å². The van der Waals surface area contributed by atoms with E-state index in [0.717, 1.165) is 5.92 Å². The third kappa shape index (κ3) is 2.96. The fourth-order valence-corrected chi connectivity index (χ4v) is 2.38. The van der Waals surface area contributed by atoms with Crippen LogP contribution >= 0.6 is 0 Å². The molecule has 1 rings (SSSR count). The normalized spacial score (nSPS) is 34.2. The van der Waals surface area contributed by atoms with Crippen molar-refractivity contribution in [2.45, 2.75) is 45.1 Å². The van der Waals surface area contributed by atoms with Crippen molar-refractivity contribution in [3.63, 3.8) is 0 Å². The minimum Gasteiger partial charge on any atom is -0.389 e. The second kappa shape index (κ2) is 4.43. The lowest BCUT2D eigenvalue weighted by atomic mass is 9.74. The Morgan fingerprint density at radius 1 is 1.31 bits per heavy atom. The zero-order valence-corrected chi connectivity index (χ0v) is 9.14. The van der Waals surface area contributed by atoms with Gasteiger partial charge in [0.15, 0.2) is 0 Å². The van der Waals surface area contributed by atoms with Crippen LogP contribution in [0.25, 0.3) is 0 Å². The van der Waals surface area contributed by atoms with E-state index in [1.165, 1.54) is 25.7 Å². The van der Waals surface area contributed by atoms with E-state index in [0.29, 0.717) is 12.5 Å². The van der Waals surface area contributed by atoms with Crippen LogP contribution in [0.1, 0.15) is 39.5 Å². The average molecular weight is 185 g/mol. The fourth-order valence-electron chi connectivity index (χ4n) is 2.38. The van der Waals surface area contributed by atoms with Crippen LogP contribution in [-0.2, 0) is 0 Å². The fraction of sp³-hybridized carbons (Fsp3) is 1.00.